The maximum Gasteiger partial charge on any atom is 0.255 e. The van der Waals surface area contributed by atoms with Gasteiger partial charge in [-0.15, -0.1) is 0 Å². The summed E-state index contributed by atoms with van der Waals surface area (Å²) in [5.74, 6) is -0.191. The van der Waals surface area contributed by atoms with Gasteiger partial charge in [0.15, 0.2) is 5.13 Å². The van der Waals surface area contributed by atoms with E-state index in [1.54, 1.807) is 24.3 Å². The number of nitrogens with one attached hydrogen (secondary N) is 2. The first kappa shape index (κ1) is 17.8. The average Bonchev–Trinajstić information content (AvgIpc) is 3.07. The van der Waals surface area contributed by atoms with Crippen LogP contribution in [0.5, 0.6) is 0 Å². The molecule has 0 unspecified atom stereocenters. The summed E-state index contributed by atoms with van der Waals surface area (Å²) in [6.07, 6.45) is 0. The van der Waals surface area contributed by atoms with Crippen LogP contribution in [-0.2, 0) is 6.54 Å². The van der Waals surface area contributed by atoms with Gasteiger partial charge < -0.3 is 22.1 Å². The zero-order chi connectivity index (χ0) is 19.5. The van der Waals surface area contributed by atoms with Crippen molar-refractivity contribution >= 4 is 49.7 Å². The second-order valence-corrected chi connectivity index (χ2v) is 7.39. The van der Waals surface area contributed by atoms with Crippen molar-refractivity contribution in [2.24, 2.45) is 0 Å². The first-order valence-electron chi connectivity index (χ1n) is 8.73. The number of nitrogens with two attached hydrogens (primary N) is 2. The van der Waals surface area contributed by atoms with Crippen molar-refractivity contribution in [3.63, 3.8) is 0 Å². The zero-order valence-electron chi connectivity index (χ0n) is 15.0. The highest BCUT2D eigenvalue weighted by molar-refractivity contribution is 7.22. The van der Waals surface area contributed by atoms with E-state index in [0.29, 0.717) is 28.6 Å². The highest BCUT2D eigenvalue weighted by atomic mass is 32.1. The fourth-order valence-corrected chi connectivity index (χ4v) is 3.55. The van der Waals surface area contributed by atoms with Gasteiger partial charge in [-0.05, 0) is 48.0 Å². The molecular weight excluding hydrogens is 370 g/mol. The van der Waals surface area contributed by atoms with E-state index in [0.717, 1.165) is 21.5 Å². The number of para-hydroxylation sites is 2. The lowest BCUT2D eigenvalue weighted by atomic mass is 10.1. The van der Waals surface area contributed by atoms with E-state index in [4.69, 9.17) is 11.5 Å². The summed E-state index contributed by atoms with van der Waals surface area (Å²) in [4.78, 5) is 16.7. The molecule has 0 aliphatic rings. The van der Waals surface area contributed by atoms with Crippen molar-refractivity contribution in [2.45, 2.75) is 6.54 Å². The first-order chi connectivity index (χ1) is 13.6. The molecule has 3 aromatic carbocycles. The Morgan fingerprint density at radius 1 is 1.00 bits per heavy atom. The molecule has 1 amide bonds. The van der Waals surface area contributed by atoms with Gasteiger partial charge in [0.05, 0.1) is 21.6 Å². The van der Waals surface area contributed by atoms with E-state index < -0.39 is 0 Å². The van der Waals surface area contributed by atoms with Crippen LogP contribution in [0, 0.1) is 0 Å². The molecule has 0 radical (unpaired) electrons. The van der Waals surface area contributed by atoms with E-state index in [2.05, 4.69) is 15.6 Å². The molecule has 1 heterocycles. The predicted molar refractivity (Wildman–Crippen MR) is 117 cm³/mol. The quantitative estimate of drug-likeness (QED) is 0.380. The molecule has 0 fully saturated rings. The number of amides is 1. The number of thiazole rings is 1. The van der Waals surface area contributed by atoms with Crippen molar-refractivity contribution in [2.75, 3.05) is 22.1 Å². The average molecular weight is 389 g/mol. The lowest BCUT2D eigenvalue weighted by Crippen LogP contribution is -2.13. The lowest BCUT2D eigenvalue weighted by molar-refractivity contribution is 0.102. The minimum absolute atomic E-state index is 0.191. The summed E-state index contributed by atoms with van der Waals surface area (Å²) in [5.41, 5.74) is 16.3. The Bertz CT molecular complexity index is 1140. The highest BCUT2D eigenvalue weighted by Gasteiger charge is 2.08. The van der Waals surface area contributed by atoms with Crippen molar-refractivity contribution in [3.05, 3.63) is 77.9 Å². The Labute approximate surface area is 166 Å². The molecule has 6 N–H and O–H groups in total. The van der Waals surface area contributed by atoms with Gasteiger partial charge in [0.25, 0.3) is 5.91 Å². The number of fused-ring (bicyclic) bond motifs is 1. The van der Waals surface area contributed by atoms with Crippen molar-refractivity contribution in [3.8, 4) is 0 Å². The number of carbonyl (C=O) groups is 1. The molecular formula is C21H19N5OS. The predicted octanol–water partition coefficient (Wildman–Crippen LogP) is 4.33. The van der Waals surface area contributed by atoms with Crippen LogP contribution in [-0.4, -0.2) is 10.9 Å². The summed E-state index contributed by atoms with van der Waals surface area (Å²) in [6.45, 7) is 0.638. The van der Waals surface area contributed by atoms with Crippen LogP contribution in [0.3, 0.4) is 0 Å². The second kappa shape index (κ2) is 7.58. The van der Waals surface area contributed by atoms with Gasteiger partial charge in [0.1, 0.15) is 0 Å². The van der Waals surface area contributed by atoms with Crippen LogP contribution in [0.4, 0.5) is 22.2 Å². The van der Waals surface area contributed by atoms with Crippen LogP contribution in [0.25, 0.3) is 10.2 Å². The summed E-state index contributed by atoms with van der Waals surface area (Å²) in [7, 11) is 0. The number of nitrogen functional groups attached to an aromatic ring is 2. The maximum absolute atomic E-state index is 12.4. The minimum Gasteiger partial charge on any atom is -0.397 e. The van der Waals surface area contributed by atoms with Crippen molar-refractivity contribution in [1.82, 2.24) is 4.98 Å². The number of benzene rings is 3. The molecule has 0 aliphatic heterocycles. The molecule has 7 heteroatoms. The van der Waals surface area contributed by atoms with Gasteiger partial charge in [0, 0.05) is 17.8 Å². The standard InChI is InChI=1S/C21H19N5OS/c22-16-3-1-2-4-17(16)25-20(27)14-7-5-13(6-8-14)12-24-15-9-10-19-18(11-15)26-21(23)28-19/h1-11,24H,12,22H2,(H2,23,26)(H,25,27). The zero-order valence-corrected chi connectivity index (χ0v) is 15.8. The smallest absolute Gasteiger partial charge is 0.255 e. The van der Waals surface area contributed by atoms with Gasteiger partial charge in [-0.2, -0.15) is 0 Å². The van der Waals surface area contributed by atoms with E-state index in [1.165, 1.54) is 11.3 Å². The first-order valence-corrected chi connectivity index (χ1v) is 9.55. The van der Waals surface area contributed by atoms with Crippen molar-refractivity contribution < 1.29 is 4.79 Å². The number of hydrogen-bond donors (Lipinski definition) is 4. The summed E-state index contributed by atoms with van der Waals surface area (Å²) in [5, 5.41) is 6.76. The number of hydrogen-bond acceptors (Lipinski definition) is 6. The number of nitrogens with zero attached hydrogens (tertiary/aromatic N) is 1. The third-order valence-electron chi connectivity index (χ3n) is 4.33. The van der Waals surface area contributed by atoms with Gasteiger partial charge in [-0.3, -0.25) is 4.79 Å². The van der Waals surface area contributed by atoms with Crippen LogP contribution >= 0.6 is 11.3 Å². The Morgan fingerprint density at radius 3 is 2.57 bits per heavy atom. The Morgan fingerprint density at radius 2 is 1.79 bits per heavy atom. The number of rotatable bonds is 5. The molecule has 28 heavy (non-hydrogen) atoms. The lowest BCUT2D eigenvalue weighted by Gasteiger charge is -2.09. The third kappa shape index (κ3) is 3.89. The number of carbonyl (C=O) groups excluding carboxylic acids is 1. The molecule has 0 atom stereocenters. The summed E-state index contributed by atoms with van der Waals surface area (Å²) >= 11 is 1.47. The topological polar surface area (TPSA) is 106 Å². The Hall–Kier alpha value is -3.58. The molecule has 0 saturated carbocycles. The van der Waals surface area contributed by atoms with Crippen LogP contribution < -0.4 is 22.1 Å². The van der Waals surface area contributed by atoms with E-state index in [-0.39, 0.29) is 5.91 Å². The summed E-state index contributed by atoms with van der Waals surface area (Å²) in [6, 6.07) is 20.6. The maximum atomic E-state index is 12.4. The largest absolute Gasteiger partial charge is 0.397 e. The molecule has 4 rings (SSSR count). The molecule has 0 bridgehead atoms. The van der Waals surface area contributed by atoms with Gasteiger partial charge >= 0.3 is 0 Å². The molecule has 0 spiro atoms. The van der Waals surface area contributed by atoms with Gasteiger partial charge in [-0.25, -0.2) is 4.98 Å². The Balaban J connectivity index is 1.39. The van der Waals surface area contributed by atoms with E-state index in [9.17, 15) is 4.79 Å². The fourth-order valence-electron chi connectivity index (χ4n) is 2.84. The Kier molecular flexibility index (Phi) is 4.82. The molecule has 140 valence electrons. The second-order valence-electron chi connectivity index (χ2n) is 6.33. The molecule has 1 aromatic heterocycles. The minimum atomic E-state index is -0.191. The van der Waals surface area contributed by atoms with Crippen LogP contribution in [0.15, 0.2) is 66.7 Å². The molecule has 4 aromatic rings. The van der Waals surface area contributed by atoms with E-state index >= 15 is 0 Å². The van der Waals surface area contributed by atoms with Crippen LogP contribution in [0.1, 0.15) is 15.9 Å². The van der Waals surface area contributed by atoms with E-state index in [1.807, 2.05) is 42.5 Å². The summed E-state index contributed by atoms with van der Waals surface area (Å²) < 4.78 is 1.07. The molecule has 0 aliphatic carbocycles. The van der Waals surface area contributed by atoms with Crippen LogP contribution in [0.2, 0.25) is 0 Å². The fraction of sp³-hybridized carbons (Fsp3) is 0.0476. The van der Waals surface area contributed by atoms with Gasteiger partial charge in [-0.1, -0.05) is 35.6 Å². The third-order valence-corrected chi connectivity index (χ3v) is 5.19. The normalized spacial score (nSPS) is 10.7. The molecule has 0 saturated heterocycles. The highest BCUT2D eigenvalue weighted by Crippen LogP contribution is 2.26. The monoisotopic (exact) mass is 389 g/mol. The number of aromatic nitrogens is 1. The molecule has 6 nitrogen and oxygen atoms in total. The van der Waals surface area contributed by atoms with Gasteiger partial charge in [0.2, 0.25) is 0 Å². The number of anilines is 4. The SMILES string of the molecule is Nc1nc2cc(NCc3ccc(C(=O)Nc4ccccc4N)cc3)ccc2s1. The van der Waals surface area contributed by atoms with Crippen molar-refractivity contribution in [1.29, 1.82) is 0 Å².